The molecular formula is C20H20ClF3N4O2. The smallest absolute Gasteiger partial charge is 0.452 e. The first-order chi connectivity index (χ1) is 13.9. The fourth-order valence-corrected chi connectivity index (χ4v) is 3.80. The summed E-state index contributed by atoms with van der Waals surface area (Å²) in [7, 11) is 0. The number of alkyl halides is 4. The average molecular weight is 441 g/mol. The second kappa shape index (κ2) is 7.54. The van der Waals surface area contributed by atoms with Crippen LogP contribution in [0.2, 0.25) is 0 Å². The molecule has 1 atom stereocenters. The van der Waals surface area contributed by atoms with Gasteiger partial charge in [0.15, 0.2) is 5.65 Å². The molecule has 160 valence electrons. The number of aromatic nitrogens is 4. The van der Waals surface area contributed by atoms with Crippen molar-refractivity contribution in [1.82, 2.24) is 19.6 Å². The Hall–Kier alpha value is -2.68. The molecule has 0 aliphatic carbocycles. The molecule has 0 saturated heterocycles. The van der Waals surface area contributed by atoms with Gasteiger partial charge in [0.1, 0.15) is 0 Å². The Kier molecular flexibility index (Phi) is 5.53. The largest absolute Gasteiger partial charge is 0.481 e. The van der Waals surface area contributed by atoms with E-state index in [1.165, 1.54) is 12.3 Å². The molecule has 10 heteroatoms. The zero-order valence-corrected chi connectivity index (χ0v) is 17.5. The van der Waals surface area contributed by atoms with Crippen LogP contribution < -0.4 is 0 Å². The van der Waals surface area contributed by atoms with Gasteiger partial charge in [-0.25, -0.2) is 0 Å². The minimum atomic E-state index is -4.67. The lowest BCUT2D eigenvalue weighted by atomic mass is 9.72. The van der Waals surface area contributed by atoms with E-state index in [0.29, 0.717) is 22.5 Å². The van der Waals surface area contributed by atoms with Crippen molar-refractivity contribution in [2.75, 3.05) is 0 Å². The fraction of sp³-hybridized carbons (Fsp3) is 0.400. The minimum absolute atomic E-state index is 0.00990. The third-order valence-corrected chi connectivity index (χ3v) is 5.60. The number of hydrogen-bond acceptors (Lipinski definition) is 4. The molecule has 6 nitrogen and oxygen atoms in total. The van der Waals surface area contributed by atoms with E-state index < -0.39 is 29.3 Å². The molecule has 0 amide bonds. The molecule has 0 saturated carbocycles. The molecule has 3 heterocycles. The normalized spacial score (nSPS) is 13.6. The molecule has 3 aromatic heterocycles. The van der Waals surface area contributed by atoms with E-state index in [4.69, 9.17) is 11.6 Å². The van der Waals surface area contributed by atoms with Crippen molar-refractivity contribution < 1.29 is 23.1 Å². The van der Waals surface area contributed by atoms with E-state index in [0.717, 1.165) is 9.96 Å². The maximum absolute atomic E-state index is 13.2. The molecule has 1 unspecified atom stereocenters. The second-order valence-electron chi connectivity index (χ2n) is 7.70. The van der Waals surface area contributed by atoms with Gasteiger partial charge in [-0.3, -0.25) is 14.2 Å². The molecule has 0 fully saturated rings. The zero-order valence-electron chi connectivity index (χ0n) is 16.8. The third kappa shape index (κ3) is 3.62. The zero-order chi connectivity index (χ0) is 22.4. The van der Waals surface area contributed by atoms with Crippen LogP contribution in [0.1, 0.15) is 53.7 Å². The lowest BCUT2D eigenvalue weighted by Gasteiger charge is -2.32. The monoisotopic (exact) mass is 440 g/mol. The van der Waals surface area contributed by atoms with E-state index in [9.17, 15) is 23.1 Å². The highest BCUT2D eigenvalue weighted by atomic mass is 35.5. The predicted molar refractivity (Wildman–Crippen MR) is 105 cm³/mol. The molecule has 0 aliphatic rings. The molecule has 0 aliphatic heterocycles. The topological polar surface area (TPSA) is 80.4 Å². The van der Waals surface area contributed by atoms with Gasteiger partial charge >= 0.3 is 12.1 Å². The van der Waals surface area contributed by atoms with Crippen molar-refractivity contribution in [2.24, 2.45) is 5.41 Å². The van der Waals surface area contributed by atoms with Gasteiger partial charge < -0.3 is 5.11 Å². The molecule has 3 rings (SSSR count). The van der Waals surface area contributed by atoms with E-state index >= 15 is 0 Å². The van der Waals surface area contributed by atoms with Crippen LogP contribution in [0.3, 0.4) is 0 Å². The Balaban J connectivity index is 2.28. The fourth-order valence-electron chi connectivity index (χ4n) is 3.53. The number of halogens is 4. The highest BCUT2D eigenvalue weighted by Gasteiger charge is 2.42. The quantitative estimate of drug-likeness (QED) is 0.579. The Morgan fingerprint density at radius 3 is 2.43 bits per heavy atom. The van der Waals surface area contributed by atoms with Crippen LogP contribution in [0.25, 0.3) is 5.65 Å². The van der Waals surface area contributed by atoms with Crippen LogP contribution in [0.5, 0.6) is 0 Å². The number of hydrogen-bond donors (Lipinski definition) is 1. The van der Waals surface area contributed by atoms with Gasteiger partial charge in [-0.2, -0.15) is 13.2 Å². The number of aliphatic carboxylic acids is 1. The number of fused-ring (bicyclic) bond motifs is 1. The Morgan fingerprint density at radius 1 is 1.20 bits per heavy atom. The van der Waals surface area contributed by atoms with Crippen LogP contribution >= 0.6 is 11.6 Å². The lowest BCUT2D eigenvalue weighted by molar-refractivity contribution is -0.147. The highest BCUT2D eigenvalue weighted by Crippen LogP contribution is 2.43. The first-order valence-corrected chi connectivity index (χ1v) is 9.60. The molecular weight excluding hydrogens is 421 g/mol. The summed E-state index contributed by atoms with van der Waals surface area (Å²) < 4.78 is 40.5. The van der Waals surface area contributed by atoms with Gasteiger partial charge in [0.2, 0.25) is 5.82 Å². The van der Waals surface area contributed by atoms with Crippen LogP contribution in [0, 0.1) is 19.3 Å². The molecule has 0 bridgehead atoms. The van der Waals surface area contributed by atoms with Crippen LogP contribution in [-0.2, 0) is 16.9 Å². The molecule has 0 aromatic carbocycles. The van der Waals surface area contributed by atoms with Crippen molar-refractivity contribution in [3.05, 3.63) is 58.3 Å². The van der Waals surface area contributed by atoms with Crippen LogP contribution in [-0.4, -0.2) is 30.7 Å². The molecule has 3 aromatic rings. The number of rotatable bonds is 5. The Morgan fingerprint density at radius 2 is 1.87 bits per heavy atom. The number of carbonyl (C=O) groups is 1. The van der Waals surface area contributed by atoms with Crippen molar-refractivity contribution in [2.45, 2.75) is 45.7 Å². The third-order valence-electron chi connectivity index (χ3n) is 5.35. The number of carboxylic acid groups (broad SMARTS) is 1. The van der Waals surface area contributed by atoms with Crippen molar-refractivity contribution >= 4 is 23.2 Å². The van der Waals surface area contributed by atoms with Gasteiger partial charge in [0.25, 0.3) is 0 Å². The highest BCUT2D eigenvalue weighted by molar-refractivity contribution is 6.17. The summed E-state index contributed by atoms with van der Waals surface area (Å²) >= 11 is 5.98. The molecule has 0 spiro atoms. The van der Waals surface area contributed by atoms with Crippen molar-refractivity contribution in [1.29, 1.82) is 0 Å². The second-order valence-corrected chi connectivity index (χ2v) is 7.97. The van der Waals surface area contributed by atoms with Gasteiger partial charge in [-0.15, -0.1) is 21.8 Å². The van der Waals surface area contributed by atoms with Crippen molar-refractivity contribution in [3.8, 4) is 0 Å². The Labute approximate surface area is 175 Å². The SMILES string of the molecule is Cc1ccc(C(c2ccn3c(C(F)(F)F)nnc3c2C)C(C)(C)C(=O)O)nc1CCl. The standard InChI is InChI=1S/C20H20ClF3N4O2/c1-10-5-6-13(25-14(10)9-21)15(19(3,4)18(29)30)12-7-8-28-16(11(12)2)26-27-17(28)20(22,23)24/h5-8,15H,9H2,1-4H3,(H,29,30). The first-order valence-electron chi connectivity index (χ1n) is 9.06. The Bertz CT molecular complexity index is 1130. The van der Waals surface area contributed by atoms with Crippen molar-refractivity contribution in [3.63, 3.8) is 0 Å². The predicted octanol–water partition coefficient (Wildman–Crippen LogP) is 4.74. The van der Waals surface area contributed by atoms with Crippen LogP contribution in [0.15, 0.2) is 24.4 Å². The maximum Gasteiger partial charge on any atom is 0.452 e. The summed E-state index contributed by atoms with van der Waals surface area (Å²) in [6.45, 7) is 6.55. The number of carboxylic acids is 1. The molecule has 1 N–H and O–H groups in total. The van der Waals surface area contributed by atoms with Gasteiger partial charge in [0, 0.05) is 17.8 Å². The number of aryl methyl sites for hydroxylation is 2. The summed E-state index contributed by atoms with van der Waals surface area (Å²) in [5.41, 5.74) is 1.54. The van der Waals surface area contributed by atoms with Gasteiger partial charge in [0.05, 0.1) is 17.0 Å². The van der Waals surface area contributed by atoms with E-state index in [-0.39, 0.29) is 11.5 Å². The lowest BCUT2D eigenvalue weighted by Crippen LogP contribution is -2.33. The maximum atomic E-state index is 13.2. The molecule has 30 heavy (non-hydrogen) atoms. The first kappa shape index (κ1) is 22.0. The summed E-state index contributed by atoms with van der Waals surface area (Å²) in [6, 6.07) is 4.99. The minimum Gasteiger partial charge on any atom is -0.481 e. The average Bonchev–Trinajstić information content (AvgIpc) is 3.10. The number of pyridine rings is 2. The molecule has 0 radical (unpaired) electrons. The van der Waals surface area contributed by atoms with E-state index in [2.05, 4.69) is 15.2 Å². The summed E-state index contributed by atoms with van der Waals surface area (Å²) in [4.78, 5) is 16.7. The van der Waals surface area contributed by atoms with E-state index in [1.807, 2.05) is 6.92 Å². The summed E-state index contributed by atoms with van der Waals surface area (Å²) in [5.74, 6) is -2.82. The van der Waals surface area contributed by atoms with Gasteiger partial charge in [-0.1, -0.05) is 6.07 Å². The van der Waals surface area contributed by atoms with Crippen LogP contribution in [0.4, 0.5) is 13.2 Å². The van der Waals surface area contributed by atoms with E-state index in [1.54, 1.807) is 32.9 Å². The number of nitrogens with zero attached hydrogens (tertiary/aromatic N) is 4. The summed E-state index contributed by atoms with van der Waals surface area (Å²) in [5, 5.41) is 16.9. The van der Waals surface area contributed by atoms with Gasteiger partial charge in [-0.05, 0) is 56.5 Å². The summed E-state index contributed by atoms with van der Waals surface area (Å²) in [6.07, 6.45) is -3.46.